The molecule has 0 bridgehead atoms. The summed E-state index contributed by atoms with van der Waals surface area (Å²) in [5.74, 6) is 0. The zero-order chi connectivity index (χ0) is 26.4. The van der Waals surface area contributed by atoms with Crippen molar-refractivity contribution in [2.24, 2.45) is 0 Å². The largest absolute Gasteiger partial charge is 0.399 e. The van der Waals surface area contributed by atoms with Crippen LogP contribution in [0.15, 0.2) is 109 Å². The maximum atomic E-state index is 11.3. The molecule has 0 aliphatic rings. The molecule has 2 heterocycles. The number of nitrogens with two attached hydrogens (primary N) is 1. The Morgan fingerprint density at radius 2 is 1.00 bits per heavy atom. The third-order valence-electron chi connectivity index (χ3n) is 6.94. The van der Waals surface area contributed by atoms with Crippen LogP contribution in [0.1, 0.15) is 11.1 Å². The first-order valence-electron chi connectivity index (χ1n) is 12.4. The van der Waals surface area contributed by atoms with Gasteiger partial charge in [0.05, 0.1) is 27.3 Å². The highest BCUT2D eigenvalue weighted by Crippen LogP contribution is 2.39. The monoisotopic (exact) mass is 498 g/mol. The van der Waals surface area contributed by atoms with Crippen molar-refractivity contribution in [3.05, 3.63) is 130 Å². The number of non-ortho nitro benzene ring substituents is 1. The highest BCUT2D eigenvalue weighted by atomic mass is 16.6. The van der Waals surface area contributed by atoms with Gasteiger partial charge in [-0.15, -0.1) is 0 Å². The Morgan fingerprint density at radius 3 is 1.39 bits per heavy atom. The van der Waals surface area contributed by atoms with E-state index in [9.17, 15) is 10.1 Å². The average Bonchev–Trinajstić information content (AvgIpc) is 3.47. The van der Waals surface area contributed by atoms with Crippen LogP contribution in [0.4, 0.5) is 11.4 Å². The maximum absolute atomic E-state index is 11.3. The predicted octanol–water partition coefficient (Wildman–Crippen LogP) is 7.86. The highest BCUT2D eigenvalue weighted by Gasteiger charge is 2.21. The van der Waals surface area contributed by atoms with E-state index >= 15 is 0 Å². The highest BCUT2D eigenvalue weighted by molar-refractivity contribution is 5.93. The molecule has 6 rings (SSSR count). The SMILES string of the molecule is Cc1ccc(-c2cc3c(cc(-c4ccc(C)cc4)n3-c3ccc([N+](=O)[O-])cc3)n2-c2ccc(N)cc2)cc1. The molecular formula is C32H26N4O2. The third kappa shape index (κ3) is 4.02. The maximum Gasteiger partial charge on any atom is 0.269 e. The molecular weight excluding hydrogens is 472 g/mol. The van der Waals surface area contributed by atoms with Crippen LogP contribution >= 0.6 is 0 Å². The normalized spacial score (nSPS) is 11.2. The number of nitrogen functional groups attached to an aromatic ring is 1. The Kier molecular flexibility index (Phi) is 5.57. The molecule has 38 heavy (non-hydrogen) atoms. The smallest absolute Gasteiger partial charge is 0.269 e. The lowest BCUT2D eigenvalue weighted by molar-refractivity contribution is -0.384. The zero-order valence-corrected chi connectivity index (χ0v) is 21.1. The van der Waals surface area contributed by atoms with Crippen LogP contribution in [-0.4, -0.2) is 14.1 Å². The van der Waals surface area contributed by atoms with Gasteiger partial charge in [-0.1, -0.05) is 59.7 Å². The number of aryl methyl sites for hydroxylation is 2. The molecule has 6 heteroatoms. The molecule has 0 saturated carbocycles. The van der Waals surface area contributed by atoms with Crippen LogP contribution in [0, 0.1) is 24.0 Å². The molecule has 6 aromatic rings. The first-order valence-corrected chi connectivity index (χ1v) is 12.4. The van der Waals surface area contributed by atoms with Crippen LogP contribution in [-0.2, 0) is 0 Å². The molecule has 0 spiro atoms. The fourth-order valence-corrected chi connectivity index (χ4v) is 4.93. The topological polar surface area (TPSA) is 79.0 Å². The lowest BCUT2D eigenvalue weighted by Crippen LogP contribution is -1.97. The number of nitrogens with zero attached hydrogens (tertiary/aromatic N) is 3. The van der Waals surface area contributed by atoms with E-state index in [0.29, 0.717) is 5.69 Å². The Balaban J connectivity index is 1.68. The van der Waals surface area contributed by atoms with E-state index in [4.69, 9.17) is 5.73 Å². The molecule has 0 unspecified atom stereocenters. The molecule has 0 aliphatic heterocycles. The summed E-state index contributed by atoms with van der Waals surface area (Å²) < 4.78 is 4.42. The van der Waals surface area contributed by atoms with Crippen LogP contribution in [0.5, 0.6) is 0 Å². The van der Waals surface area contributed by atoms with E-state index in [-0.39, 0.29) is 10.6 Å². The van der Waals surface area contributed by atoms with E-state index in [1.54, 1.807) is 24.3 Å². The number of hydrogen-bond donors (Lipinski definition) is 1. The molecule has 186 valence electrons. The zero-order valence-electron chi connectivity index (χ0n) is 21.1. The minimum atomic E-state index is -0.372. The lowest BCUT2D eigenvalue weighted by Gasteiger charge is -2.12. The van der Waals surface area contributed by atoms with Crippen LogP contribution in [0.3, 0.4) is 0 Å². The van der Waals surface area contributed by atoms with Gasteiger partial charge in [-0.2, -0.15) is 0 Å². The number of anilines is 1. The van der Waals surface area contributed by atoms with Gasteiger partial charge in [0, 0.05) is 29.2 Å². The summed E-state index contributed by atoms with van der Waals surface area (Å²) in [5, 5.41) is 11.3. The fourth-order valence-electron chi connectivity index (χ4n) is 4.93. The first kappa shape index (κ1) is 23.3. The summed E-state index contributed by atoms with van der Waals surface area (Å²) in [6, 6.07) is 35.9. The van der Waals surface area contributed by atoms with Crippen molar-refractivity contribution in [3.63, 3.8) is 0 Å². The Morgan fingerprint density at radius 1 is 0.605 bits per heavy atom. The van der Waals surface area contributed by atoms with Gasteiger partial charge in [-0.25, -0.2) is 0 Å². The standard InChI is InChI=1S/C32H26N4O2/c1-21-3-7-23(8-4-21)29-19-32-31(34(29)26-13-11-25(33)12-14-26)20-30(24-9-5-22(2)6-10-24)35(32)27-15-17-28(18-16-27)36(37)38/h3-20H,33H2,1-2H3. The van der Waals surface area contributed by atoms with Crippen molar-refractivity contribution >= 4 is 22.4 Å². The molecule has 0 saturated heterocycles. The number of nitro benzene ring substituents is 1. The van der Waals surface area contributed by atoms with Crippen molar-refractivity contribution in [1.82, 2.24) is 9.13 Å². The number of rotatable bonds is 5. The van der Waals surface area contributed by atoms with E-state index in [2.05, 4.69) is 83.6 Å². The Bertz CT molecular complexity index is 1780. The molecule has 0 amide bonds. The Hall–Kier alpha value is -5.10. The summed E-state index contributed by atoms with van der Waals surface area (Å²) in [4.78, 5) is 11.0. The molecule has 0 radical (unpaired) electrons. The van der Waals surface area contributed by atoms with Crippen molar-refractivity contribution in [2.75, 3.05) is 5.73 Å². The predicted molar refractivity (Wildman–Crippen MR) is 154 cm³/mol. The molecule has 0 aliphatic carbocycles. The second-order valence-electron chi connectivity index (χ2n) is 9.60. The molecule has 6 nitrogen and oxygen atoms in total. The molecule has 0 atom stereocenters. The summed E-state index contributed by atoms with van der Waals surface area (Å²) in [5.41, 5.74) is 17.3. The number of benzene rings is 4. The molecule has 4 aromatic carbocycles. The minimum Gasteiger partial charge on any atom is -0.399 e. The van der Waals surface area contributed by atoms with Gasteiger partial charge in [0.1, 0.15) is 0 Å². The number of hydrogen-bond acceptors (Lipinski definition) is 3. The van der Waals surface area contributed by atoms with E-state index < -0.39 is 0 Å². The van der Waals surface area contributed by atoms with Crippen molar-refractivity contribution in [2.45, 2.75) is 13.8 Å². The van der Waals surface area contributed by atoms with Crippen LogP contribution in [0.25, 0.3) is 44.9 Å². The van der Waals surface area contributed by atoms with E-state index in [1.807, 2.05) is 24.3 Å². The summed E-state index contributed by atoms with van der Waals surface area (Å²) in [7, 11) is 0. The molecule has 0 fully saturated rings. The summed E-state index contributed by atoms with van der Waals surface area (Å²) in [6.45, 7) is 4.15. The second-order valence-corrected chi connectivity index (χ2v) is 9.60. The first-order chi connectivity index (χ1) is 18.4. The van der Waals surface area contributed by atoms with Gasteiger partial charge in [-0.05, 0) is 73.5 Å². The number of fused-ring (bicyclic) bond motifs is 1. The number of aromatic nitrogens is 2. The van der Waals surface area contributed by atoms with Crippen LogP contribution in [0.2, 0.25) is 0 Å². The third-order valence-corrected chi connectivity index (χ3v) is 6.94. The van der Waals surface area contributed by atoms with Gasteiger partial charge in [0.15, 0.2) is 0 Å². The number of nitro groups is 1. The summed E-state index contributed by atoms with van der Waals surface area (Å²) in [6.07, 6.45) is 0. The van der Waals surface area contributed by atoms with E-state index in [0.717, 1.165) is 44.9 Å². The van der Waals surface area contributed by atoms with Crippen molar-refractivity contribution in [1.29, 1.82) is 0 Å². The Labute approximate surface area is 220 Å². The lowest BCUT2D eigenvalue weighted by atomic mass is 10.1. The van der Waals surface area contributed by atoms with Gasteiger partial charge >= 0.3 is 0 Å². The molecule has 2 aromatic heterocycles. The fraction of sp³-hybridized carbons (Fsp3) is 0.0625. The van der Waals surface area contributed by atoms with Gasteiger partial charge in [-0.3, -0.25) is 10.1 Å². The average molecular weight is 499 g/mol. The summed E-state index contributed by atoms with van der Waals surface area (Å²) >= 11 is 0. The quantitative estimate of drug-likeness (QED) is 0.149. The second kappa shape index (κ2) is 9.09. The van der Waals surface area contributed by atoms with Crippen molar-refractivity contribution < 1.29 is 4.92 Å². The van der Waals surface area contributed by atoms with Crippen LogP contribution < -0.4 is 5.73 Å². The van der Waals surface area contributed by atoms with Gasteiger partial charge < -0.3 is 14.9 Å². The van der Waals surface area contributed by atoms with Crippen molar-refractivity contribution in [3.8, 4) is 33.9 Å². The van der Waals surface area contributed by atoms with Gasteiger partial charge in [0.25, 0.3) is 5.69 Å². The molecule has 2 N–H and O–H groups in total. The van der Waals surface area contributed by atoms with Gasteiger partial charge in [0.2, 0.25) is 0 Å². The minimum absolute atomic E-state index is 0.0637. The van der Waals surface area contributed by atoms with E-state index in [1.165, 1.54) is 11.1 Å².